The minimum atomic E-state index is -0.523. The van der Waals surface area contributed by atoms with Crippen molar-refractivity contribution in [2.24, 2.45) is 0 Å². The summed E-state index contributed by atoms with van der Waals surface area (Å²) in [5.41, 5.74) is 1.85. The zero-order valence-electron chi connectivity index (χ0n) is 14.2. The maximum atomic E-state index is 12.1. The second kappa shape index (κ2) is 8.11. The molecule has 1 heterocycles. The van der Waals surface area contributed by atoms with Crippen LogP contribution in [0.15, 0.2) is 47.5 Å². The number of carbonyl (C=O) groups is 2. The fourth-order valence-corrected chi connectivity index (χ4v) is 2.81. The molecule has 0 aliphatic carbocycles. The predicted molar refractivity (Wildman–Crippen MR) is 98.5 cm³/mol. The number of rotatable bonds is 7. The zero-order valence-corrected chi connectivity index (χ0v) is 15.0. The maximum Gasteiger partial charge on any atom is 0.230 e. The Kier molecular flexibility index (Phi) is 6.15. The number of pyridine rings is 1. The smallest absolute Gasteiger partial charge is 0.230 e. The molecule has 0 saturated carbocycles. The van der Waals surface area contributed by atoms with Gasteiger partial charge in [-0.05, 0) is 49.4 Å². The maximum absolute atomic E-state index is 12.1. The van der Waals surface area contributed by atoms with Gasteiger partial charge in [-0.1, -0.05) is 19.1 Å². The van der Waals surface area contributed by atoms with E-state index in [1.54, 1.807) is 18.0 Å². The number of nitrogens with one attached hydrogen (secondary N) is 1. The predicted octanol–water partition coefficient (Wildman–Crippen LogP) is 3.85. The average molecular weight is 342 g/mol. The Balaban J connectivity index is 1.95. The summed E-state index contributed by atoms with van der Waals surface area (Å²) in [6.07, 6.45) is 2.96. The Labute approximate surface area is 147 Å². The Morgan fingerprint density at radius 1 is 1.21 bits per heavy atom. The van der Waals surface area contributed by atoms with Crippen LogP contribution in [0.1, 0.15) is 32.0 Å². The fraction of sp³-hybridized carbons (Fsp3) is 0.316. The topological polar surface area (TPSA) is 59.1 Å². The van der Waals surface area contributed by atoms with E-state index in [-0.39, 0.29) is 12.3 Å². The molecule has 0 fully saturated rings. The molecule has 0 saturated heterocycles. The first-order chi connectivity index (χ1) is 11.4. The van der Waals surface area contributed by atoms with Crippen molar-refractivity contribution in [1.82, 2.24) is 4.98 Å². The van der Waals surface area contributed by atoms with E-state index in [4.69, 9.17) is 0 Å². The van der Waals surface area contributed by atoms with Gasteiger partial charge in [0.1, 0.15) is 6.29 Å². The highest BCUT2D eigenvalue weighted by Crippen LogP contribution is 2.22. The number of anilines is 1. The lowest BCUT2D eigenvalue weighted by Crippen LogP contribution is -2.19. The lowest BCUT2D eigenvalue weighted by atomic mass is 9.86. The van der Waals surface area contributed by atoms with Gasteiger partial charge in [0.05, 0.1) is 6.42 Å². The molecule has 0 atom stereocenters. The summed E-state index contributed by atoms with van der Waals surface area (Å²) in [6.45, 7) is 5.81. The van der Waals surface area contributed by atoms with E-state index in [1.807, 2.05) is 50.2 Å². The fourth-order valence-electron chi connectivity index (χ4n) is 2.19. The van der Waals surface area contributed by atoms with Gasteiger partial charge in [0, 0.05) is 27.9 Å². The quantitative estimate of drug-likeness (QED) is 0.613. The molecule has 0 aliphatic heterocycles. The monoisotopic (exact) mass is 342 g/mol. The van der Waals surface area contributed by atoms with Crippen molar-refractivity contribution in [2.45, 2.75) is 37.5 Å². The molecular formula is C19H22N2O2S. The first kappa shape index (κ1) is 18.2. The Morgan fingerprint density at radius 2 is 1.92 bits per heavy atom. The summed E-state index contributed by atoms with van der Waals surface area (Å²) < 4.78 is 0. The van der Waals surface area contributed by atoms with Crippen molar-refractivity contribution in [3.8, 4) is 0 Å². The van der Waals surface area contributed by atoms with Crippen LogP contribution in [0.4, 0.5) is 5.69 Å². The number of nitrogens with zero attached hydrogens (tertiary/aromatic N) is 1. The highest BCUT2D eigenvalue weighted by Gasteiger charge is 2.19. The first-order valence-electron chi connectivity index (χ1n) is 7.89. The molecule has 5 heteroatoms. The standard InChI is InChI=1S/C19H22N2O2S/c1-4-24-17-10-9-16(20-12-17)11-18(23)21-15-7-5-14(6-8-15)19(2,3)13-22/h5-10,12-13H,4,11H2,1-3H3,(H,21,23). The minimum absolute atomic E-state index is 0.110. The SMILES string of the molecule is CCSc1ccc(CC(=O)Nc2ccc(C(C)(C)C=O)cc2)nc1. The minimum Gasteiger partial charge on any atom is -0.326 e. The highest BCUT2D eigenvalue weighted by molar-refractivity contribution is 7.99. The third-order valence-corrected chi connectivity index (χ3v) is 4.52. The van der Waals surface area contributed by atoms with Crippen LogP contribution in [-0.2, 0) is 21.4 Å². The molecule has 0 spiro atoms. The third kappa shape index (κ3) is 4.93. The zero-order chi connectivity index (χ0) is 17.6. The van der Waals surface area contributed by atoms with Crippen LogP contribution in [0.3, 0.4) is 0 Å². The second-order valence-electron chi connectivity index (χ2n) is 6.06. The van der Waals surface area contributed by atoms with Gasteiger partial charge in [0.25, 0.3) is 0 Å². The van der Waals surface area contributed by atoms with E-state index >= 15 is 0 Å². The number of amides is 1. The molecule has 1 N–H and O–H groups in total. The van der Waals surface area contributed by atoms with Crippen molar-refractivity contribution in [3.05, 3.63) is 53.9 Å². The van der Waals surface area contributed by atoms with Crippen LogP contribution >= 0.6 is 11.8 Å². The van der Waals surface area contributed by atoms with Crippen LogP contribution in [0.25, 0.3) is 0 Å². The largest absolute Gasteiger partial charge is 0.326 e. The van der Waals surface area contributed by atoms with Crippen LogP contribution in [0.2, 0.25) is 0 Å². The van der Waals surface area contributed by atoms with Gasteiger partial charge in [0.2, 0.25) is 5.91 Å². The van der Waals surface area contributed by atoms with Crippen molar-refractivity contribution < 1.29 is 9.59 Å². The van der Waals surface area contributed by atoms with Crippen molar-refractivity contribution in [1.29, 1.82) is 0 Å². The van der Waals surface area contributed by atoms with E-state index in [1.165, 1.54) is 0 Å². The van der Waals surface area contributed by atoms with Crippen molar-refractivity contribution >= 4 is 29.6 Å². The molecule has 0 unspecified atom stereocenters. The van der Waals surface area contributed by atoms with Crippen molar-refractivity contribution in [3.63, 3.8) is 0 Å². The molecule has 24 heavy (non-hydrogen) atoms. The number of hydrogen-bond acceptors (Lipinski definition) is 4. The van der Waals surface area contributed by atoms with Gasteiger partial charge in [0.15, 0.2) is 0 Å². The summed E-state index contributed by atoms with van der Waals surface area (Å²) in [5, 5.41) is 2.85. The molecule has 4 nitrogen and oxygen atoms in total. The first-order valence-corrected chi connectivity index (χ1v) is 8.87. The van der Waals surface area contributed by atoms with Gasteiger partial charge >= 0.3 is 0 Å². The highest BCUT2D eigenvalue weighted by atomic mass is 32.2. The van der Waals surface area contributed by atoms with Crippen LogP contribution in [0, 0.1) is 0 Å². The van der Waals surface area contributed by atoms with E-state index < -0.39 is 5.41 Å². The number of carbonyl (C=O) groups excluding carboxylic acids is 2. The Morgan fingerprint density at radius 3 is 2.46 bits per heavy atom. The molecule has 126 valence electrons. The molecular weight excluding hydrogens is 320 g/mol. The van der Waals surface area contributed by atoms with Crippen LogP contribution < -0.4 is 5.32 Å². The van der Waals surface area contributed by atoms with Gasteiger partial charge in [-0.25, -0.2) is 0 Å². The van der Waals surface area contributed by atoms with Gasteiger partial charge < -0.3 is 10.1 Å². The summed E-state index contributed by atoms with van der Waals surface area (Å²) in [6, 6.07) is 11.2. The number of thioether (sulfide) groups is 1. The van der Waals surface area contributed by atoms with E-state index in [0.717, 1.165) is 28.2 Å². The lowest BCUT2D eigenvalue weighted by Gasteiger charge is -2.17. The van der Waals surface area contributed by atoms with Crippen molar-refractivity contribution in [2.75, 3.05) is 11.1 Å². The molecule has 2 rings (SSSR count). The average Bonchev–Trinajstić information content (AvgIpc) is 2.57. The number of aromatic nitrogens is 1. The second-order valence-corrected chi connectivity index (χ2v) is 7.40. The molecule has 0 radical (unpaired) electrons. The van der Waals surface area contributed by atoms with Gasteiger partial charge in [-0.15, -0.1) is 11.8 Å². The lowest BCUT2D eigenvalue weighted by molar-refractivity contribution is -0.115. The molecule has 1 aromatic carbocycles. The normalized spacial score (nSPS) is 11.1. The third-order valence-electron chi connectivity index (χ3n) is 3.66. The van der Waals surface area contributed by atoms with E-state index in [2.05, 4.69) is 17.2 Å². The molecule has 0 bridgehead atoms. The molecule has 0 aliphatic rings. The number of hydrogen-bond donors (Lipinski definition) is 1. The molecule has 1 aromatic heterocycles. The van der Waals surface area contributed by atoms with Gasteiger partial charge in [-0.2, -0.15) is 0 Å². The van der Waals surface area contributed by atoms with Crippen LogP contribution in [-0.4, -0.2) is 22.9 Å². The summed E-state index contributed by atoms with van der Waals surface area (Å²) in [7, 11) is 0. The molecule has 2 aromatic rings. The summed E-state index contributed by atoms with van der Waals surface area (Å²) >= 11 is 1.72. The Hall–Kier alpha value is -2.14. The Bertz CT molecular complexity index is 694. The van der Waals surface area contributed by atoms with Crippen LogP contribution in [0.5, 0.6) is 0 Å². The molecule has 1 amide bonds. The summed E-state index contributed by atoms with van der Waals surface area (Å²) in [5.74, 6) is 0.888. The van der Waals surface area contributed by atoms with E-state index in [0.29, 0.717) is 5.69 Å². The number of aldehydes is 1. The summed E-state index contributed by atoms with van der Waals surface area (Å²) in [4.78, 5) is 28.6. The number of benzene rings is 1. The van der Waals surface area contributed by atoms with E-state index in [9.17, 15) is 9.59 Å². The van der Waals surface area contributed by atoms with Gasteiger partial charge in [-0.3, -0.25) is 9.78 Å².